The van der Waals surface area contributed by atoms with E-state index in [-0.39, 0.29) is 12.0 Å². The molecule has 0 saturated heterocycles. The molecule has 0 fully saturated rings. The number of aromatic nitrogens is 3. The zero-order valence-electron chi connectivity index (χ0n) is 10.6. The highest BCUT2D eigenvalue weighted by Crippen LogP contribution is 2.23. The van der Waals surface area contributed by atoms with Crippen LogP contribution in [0.1, 0.15) is 37.4 Å². The van der Waals surface area contributed by atoms with E-state index in [0.29, 0.717) is 23.3 Å². The summed E-state index contributed by atoms with van der Waals surface area (Å²) in [6.07, 6.45) is 0.345. The number of methoxy groups -OCH3 is 1. The van der Waals surface area contributed by atoms with Crippen molar-refractivity contribution < 1.29 is 9.26 Å². The van der Waals surface area contributed by atoms with Crippen LogP contribution in [0.5, 0.6) is 0 Å². The van der Waals surface area contributed by atoms with Gasteiger partial charge in [-0.15, -0.1) is 11.3 Å². The van der Waals surface area contributed by atoms with Gasteiger partial charge in [-0.05, 0) is 5.92 Å². The summed E-state index contributed by atoms with van der Waals surface area (Å²) in [5, 5.41) is 6.37. The zero-order valence-corrected chi connectivity index (χ0v) is 11.4. The molecule has 1 atom stereocenters. The van der Waals surface area contributed by atoms with Gasteiger partial charge in [0.05, 0.1) is 12.1 Å². The molecule has 2 rings (SSSR count). The number of hydrogen-bond donors (Lipinski definition) is 1. The molecular weight excluding hydrogens is 252 g/mol. The van der Waals surface area contributed by atoms with E-state index in [1.807, 2.05) is 19.2 Å². The van der Waals surface area contributed by atoms with Crippen molar-refractivity contribution >= 4 is 16.5 Å². The molecule has 0 bridgehead atoms. The lowest BCUT2D eigenvalue weighted by Gasteiger charge is -2.14. The number of nitrogens with two attached hydrogens (primary N) is 1. The Morgan fingerprint density at radius 3 is 2.78 bits per heavy atom. The largest absolute Gasteiger partial charge is 0.375 e. The number of rotatable bonds is 5. The lowest BCUT2D eigenvalue weighted by molar-refractivity contribution is 0.0555. The Morgan fingerprint density at radius 1 is 1.44 bits per heavy atom. The van der Waals surface area contributed by atoms with Crippen LogP contribution in [0.3, 0.4) is 0 Å². The quantitative estimate of drug-likeness (QED) is 0.893. The molecule has 1 unspecified atom stereocenters. The Morgan fingerprint density at radius 2 is 2.22 bits per heavy atom. The molecule has 0 radical (unpaired) electrons. The highest BCUT2D eigenvalue weighted by atomic mass is 32.1. The molecule has 98 valence electrons. The maximum absolute atomic E-state index is 5.57. The molecule has 2 heterocycles. The van der Waals surface area contributed by atoms with Crippen molar-refractivity contribution in [1.82, 2.24) is 15.1 Å². The molecule has 0 spiro atoms. The SMILES string of the molecule is COC(c1noc(Cc2csc(N)n2)n1)C(C)C. The van der Waals surface area contributed by atoms with Gasteiger partial charge in [0.25, 0.3) is 0 Å². The molecule has 2 N–H and O–H groups in total. The molecule has 2 aromatic heterocycles. The summed E-state index contributed by atoms with van der Waals surface area (Å²) in [6.45, 7) is 4.09. The minimum atomic E-state index is -0.150. The van der Waals surface area contributed by atoms with Crippen molar-refractivity contribution in [2.75, 3.05) is 12.8 Å². The van der Waals surface area contributed by atoms with Gasteiger partial charge in [0, 0.05) is 12.5 Å². The first-order valence-corrected chi connectivity index (χ1v) is 6.53. The Kier molecular flexibility index (Phi) is 3.93. The van der Waals surface area contributed by atoms with Gasteiger partial charge in [-0.2, -0.15) is 4.98 Å². The fraction of sp³-hybridized carbons (Fsp3) is 0.545. The second-order valence-electron chi connectivity index (χ2n) is 4.30. The van der Waals surface area contributed by atoms with Crippen LogP contribution < -0.4 is 5.73 Å². The third-order valence-corrected chi connectivity index (χ3v) is 3.22. The maximum Gasteiger partial charge on any atom is 0.232 e. The average molecular weight is 268 g/mol. The van der Waals surface area contributed by atoms with Crippen molar-refractivity contribution in [3.8, 4) is 0 Å². The molecule has 18 heavy (non-hydrogen) atoms. The first-order chi connectivity index (χ1) is 8.60. The fourth-order valence-corrected chi connectivity index (χ4v) is 2.25. The minimum absolute atomic E-state index is 0.150. The standard InChI is InChI=1S/C11H16N4O2S/c1-6(2)9(16-3)10-14-8(17-15-10)4-7-5-18-11(12)13-7/h5-6,9H,4H2,1-3H3,(H2,12,13). The monoisotopic (exact) mass is 268 g/mol. The first kappa shape index (κ1) is 13.0. The fourth-order valence-electron chi connectivity index (χ4n) is 1.69. The highest BCUT2D eigenvalue weighted by Gasteiger charge is 2.21. The van der Waals surface area contributed by atoms with Gasteiger partial charge in [0.2, 0.25) is 11.7 Å². The molecule has 0 aliphatic carbocycles. The number of ether oxygens (including phenoxy) is 1. The smallest absolute Gasteiger partial charge is 0.232 e. The number of anilines is 1. The molecule has 6 nitrogen and oxygen atoms in total. The Labute approximate surface area is 109 Å². The third kappa shape index (κ3) is 2.85. The predicted molar refractivity (Wildman–Crippen MR) is 68.2 cm³/mol. The van der Waals surface area contributed by atoms with Crippen LogP contribution in [0.2, 0.25) is 0 Å². The number of thiazole rings is 1. The molecular formula is C11H16N4O2S. The van der Waals surface area contributed by atoms with Gasteiger partial charge in [0.1, 0.15) is 6.10 Å². The van der Waals surface area contributed by atoms with E-state index in [1.165, 1.54) is 11.3 Å². The van der Waals surface area contributed by atoms with Crippen molar-refractivity contribution in [1.29, 1.82) is 0 Å². The molecule has 2 aromatic rings. The predicted octanol–water partition coefficient (Wildman–Crippen LogP) is 2.04. The van der Waals surface area contributed by atoms with Crippen molar-refractivity contribution in [2.45, 2.75) is 26.4 Å². The Balaban J connectivity index is 2.10. The van der Waals surface area contributed by atoms with E-state index in [1.54, 1.807) is 7.11 Å². The third-order valence-electron chi connectivity index (χ3n) is 2.50. The van der Waals surface area contributed by atoms with Crippen LogP contribution in [0.15, 0.2) is 9.90 Å². The first-order valence-electron chi connectivity index (χ1n) is 5.65. The number of hydrogen-bond acceptors (Lipinski definition) is 7. The average Bonchev–Trinajstić information content (AvgIpc) is 2.90. The van der Waals surface area contributed by atoms with E-state index in [9.17, 15) is 0 Å². The van der Waals surface area contributed by atoms with Crippen molar-refractivity contribution in [3.63, 3.8) is 0 Å². The molecule has 0 aliphatic heterocycles. The molecule has 0 aromatic carbocycles. The number of nitrogen functional groups attached to an aromatic ring is 1. The summed E-state index contributed by atoms with van der Waals surface area (Å²) in [4.78, 5) is 8.48. The Hall–Kier alpha value is -1.47. The van der Waals surface area contributed by atoms with Crippen LogP contribution in [0.4, 0.5) is 5.13 Å². The summed E-state index contributed by atoms with van der Waals surface area (Å²) < 4.78 is 10.5. The van der Waals surface area contributed by atoms with Crippen molar-refractivity contribution in [3.05, 3.63) is 22.8 Å². The van der Waals surface area contributed by atoms with E-state index >= 15 is 0 Å². The summed E-state index contributed by atoms with van der Waals surface area (Å²) in [7, 11) is 1.64. The van der Waals surface area contributed by atoms with Crippen molar-refractivity contribution in [2.24, 2.45) is 5.92 Å². The maximum atomic E-state index is 5.57. The van der Waals surface area contributed by atoms with Gasteiger partial charge in [-0.1, -0.05) is 19.0 Å². The van der Waals surface area contributed by atoms with Crippen LogP contribution >= 0.6 is 11.3 Å². The van der Waals surface area contributed by atoms with E-state index in [0.717, 1.165) is 5.69 Å². The second-order valence-corrected chi connectivity index (χ2v) is 5.19. The lowest BCUT2D eigenvalue weighted by Crippen LogP contribution is -2.10. The molecule has 0 amide bonds. The molecule has 7 heteroatoms. The highest BCUT2D eigenvalue weighted by molar-refractivity contribution is 7.13. The minimum Gasteiger partial charge on any atom is -0.375 e. The molecule has 0 saturated carbocycles. The van der Waals surface area contributed by atoms with Gasteiger partial charge in [-0.25, -0.2) is 4.98 Å². The normalized spacial score (nSPS) is 13.1. The van der Waals surface area contributed by atoms with Crippen LogP contribution in [-0.4, -0.2) is 22.2 Å². The van der Waals surface area contributed by atoms with E-state index in [4.69, 9.17) is 15.0 Å². The van der Waals surface area contributed by atoms with E-state index in [2.05, 4.69) is 15.1 Å². The summed E-state index contributed by atoms with van der Waals surface area (Å²) in [5.74, 6) is 1.39. The van der Waals surface area contributed by atoms with E-state index < -0.39 is 0 Å². The van der Waals surface area contributed by atoms with Crippen LogP contribution in [0, 0.1) is 5.92 Å². The van der Waals surface area contributed by atoms with Crippen LogP contribution in [-0.2, 0) is 11.2 Å². The molecule has 0 aliphatic rings. The zero-order chi connectivity index (χ0) is 13.1. The van der Waals surface area contributed by atoms with Crippen LogP contribution in [0.25, 0.3) is 0 Å². The number of nitrogens with zero attached hydrogens (tertiary/aromatic N) is 3. The van der Waals surface area contributed by atoms with Gasteiger partial charge >= 0.3 is 0 Å². The second kappa shape index (κ2) is 5.45. The van der Waals surface area contributed by atoms with Gasteiger partial charge < -0.3 is 15.0 Å². The lowest BCUT2D eigenvalue weighted by atomic mass is 10.1. The summed E-state index contributed by atoms with van der Waals surface area (Å²) in [6, 6.07) is 0. The topological polar surface area (TPSA) is 87.1 Å². The summed E-state index contributed by atoms with van der Waals surface area (Å²) in [5.41, 5.74) is 6.41. The van der Waals surface area contributed by atoms with Gasteiger partial charge in [-0.3, -0.25) is 0 Å². The van der Waals surface area contributed by atoms with Gasteiger partial charge in [0.15, 0.2) is 5.13 Å². The summed E-state index contributed by atoms with van der Waals surface area (Å²) >= 11 is 1.40. The Bertz CT molecular complexity index is 509.